The van der Waals surface area contributed by atoms with Crippen LogP contribution in [-0.4, -0.2) is 38.4 Å². The molecule has 0 saturated carbocycles. The number of carboxylic acids is 1. The highest BCUT2D eigenvalue weighted by molar-refractivity contribution is 5.73. The lowest BCUT2D eigenvalue weighted by atomic mass is 10.1. The number of rotatable bonds is 6. The van der Waals surface area contributed by atoms with E-state index in [-0.39, 0.29) is 24.9 Å². The Morgan fingerprint density at radius 1 is 1.50 bits per heavy atom. The SMILES string of the molecule is CC(CNC(=O)NCc1nncn1C)CC(=O)O. The van der Waals surface area contributed by atoms with Crippen molar-refractivity contribution in [1.82, 2.24) is 25.4 Å². The fraction of sp³-hybridized carbons (Fsp3) is 0.600. The van der Waals surface area contributed by atoms with Gasteiger partial charge < -0.3 is 20.3 Å². The van der Waals surface area contributed by atoms with E-state index in [0.29, 0.717) is 12.4 Å². The van der Waals surface area contributed by atoms with Crippen molar-refractivity contribution < 1.29 is 14.7 Å². The number of aromatic nitrogens is 3. The number of urea groups is 1. The molecule has 2 amide bonds. The number of nitrogens with one attached hydrogen (secondary N) is 2. The molecule has 100 valence electrons. The minimum atomic E-state index is -0.871. The van der Waals surface area contributed by atoms with Crippen LogP contribution in [0.5, 0.6) is 0 Å². The fourth-order valence-electron chi connectivity index (χ4n) is 1.33. The first kappa shape index (κ1) is 13.9. The standard InChI is InChI=1S/C10H17N5O3/c1-7(3-9(16)17)4-11-10(18)12-5-8-14-13-6-15(8)2/h6-7H,3-5H2,1-2H3,(H,16,17)(H2,11,12,18). The van der Waals surface area contributed by atoms with Crippen LogP contribution in [0.4, 0.5) is 4.79 Å². The molecule has 0 saturated heterocycles. The highest BCUT2D eigenvalue weighted by Gasteiger charge is 2.09. The molecule has 0 aliphatic rings. The third-order valence-electron chi connectivity index (χ3n) is 2.35. The summed E-state index contributed by atoms with van der Waals surface area (Å²) in [5.74, 6) is -0.337. The van der Waals surface area contributed by atoms with Crippen molar-refractivity contribution in [2.75, 3.05) is 6.54 Å². The van der Waals surface area contributed by atoms with Crippen LogP contribution < -0.4 is 10.6 Å². The van der Waals surface area contributed by atoms with Crippen LogP contribution in [0.25, 0.3) is 0 Å². The summed E-state index contributed by atoms with van der Waals surface area (Å²) in [7, 11) is 1.78. The molecule has 0 radical (unpaired) electrons. The third kappa shape index (κ3) is 4.81. The molecule has 0 aliphatic carbocycles. The molecule has 0 aliphatic heterocycles. The van der Waals surface area contributed by atoms with Gasteiger partial charge in [0.2, 0.25) is 0 Å². The van der Waals surface area contributed by atoms with E-state index < -0.39 is 5.97 Å². The van der Waals surface area contributed by atoms with E-state index in [1.807, 2.05) is 0 Å². The minimum Gasteiger partial charge on any atom is -0.481 e. The van der Waals surface area contributed by atoms with Gasteiger partial charge in [-0.05, 0) is 5.92 Å². The van der Waals surface area contributed by atoms with Crippen LogP contribution in [0.15, 0.2) is 6.33 Å². The Labute approximate surface area is 104 Å². The van der Waals surface area contributed by atoms with Crippen LogP contribution in [0.2, 0.25) is 0 Å². The van der Waals surface area contributed by atoms with Crippen molar-refractivity contribution in [3.63, 3.8) is 0 Å². The molecule has 0 spiro atoms. The van der Waals surface area contributed by atoms with Gasteiger partial charge in [0.1, 0.15) is 6.33 Å². The molecule has 18 heavy (non-hydrogen) atoms. The molecule has 0 fully saturated rings. The van der Waals surface area contributed by atoms with Crippen molar-refractivity contribution in [2.24, 2.45) is 13.0 Å². The summed E-state index contributed by atoms with van der Waals surface area (Å²) in [5.41, 5.74) is 0. The number of amides is 2. The van der Waals surface area contributed by atoms with Gasteiger partial charge in [0, 0.05) is 20.0 Å². The normalized spacial score (nSPS) is 11.9. The van der Waals surface area contributed by atoms with Crippen LogP contribution in [0.1, 0.15) is 19.2 Å². The molecule has 1 unspecified atom stereocenters. The number of aliphatic carboxylic acids is 1. The molecule has 8 heteroatoms. The largest absolute Gasteiger partial charge is 0.481 e. The molecule has 0 bridgehead atoms. The Balaban J connectivity index is 2.22. The van der Waals surface area contributed by atoms with Crippen molar-refractivity contribution in [3.8, 4) is 0 Å². The number of carbonyl (C=O) groups excluding carboxylic acids is 1. The topological polar surface area (TPSA) is 109 Å². The first-order chi connectivity index (χ1) is 8.49. The molecule has 1 atom stereocenters. The second-order valence-corrected chi connectivity index (χ2v) is 4.12. The summed E-state index contributed by atoms with van der Waals surface area (Å²) in [6.45, 7) is 2.35. The van der Waals surface area contributed by atoms with Gasteiger partial charge >= 0.3 is 12.0 Å². The van der Waals surface area contributed by atoms with Crippen molar-refractivity contribution in [1.29, 1.82) is 0 Å². The highest BCUT2D eigenvalue weighted by Crippen LogP contribution is 1.99. The van der Waals surface area contributed by atoms with Gasteiger partial charge in [-0.1, -0.05) is 6.92 Å². The summed E-state index contributed by atoms with van der Waals surface area (Å²) in [6, 6.07) is -0.352. The molecule has 0 aromatic carbocycles. The molecule has 1 rings (SSSR count). The van der Waals surface area contributed by atoms with Crippen LogP contribution in [0.3, 0.4) is 0 Å². The minimum absolute atomic E-state index is 0.0313. The molecular weight excluding hydrogens is 238 g/mol. The summed E-state index contributed by atoms with van der Waals surface area (Å²) in [4.78, 5) is 21.8. The lowest BCUT2D eigenvalue weighted by Gasteiger charge is -2.11. The van der Waals surface area contributed by atoms with Crippen LogP contribution in [-0.2, 0) is 18.4 Å². The van der Waals surface area contributed by atoms with Gasteiger partial charge in [0.05, 0.1) is 6.54 Å². The Kier molecular flexibility index (Phi) is 5.09. The highest BCUT2D eigenvalue weighted by atomic mass is 16.4. The second kappa shape index (κ2) is 6.58. The average Bonchev–Trinajstić information content (AvgIpc) is 2.68. The smallest absolute Gasteiger partial charge is 0.315 e. The van der Waals surface area contributed by atoms with Gasteiger partial charge in [0.25, 0.3) is 0 Å². The zero-order valence-corrected chi connectivity index (χ0v) is 10.4. The zero-order chi connectivity index (χ0) is 13.5. The van der Waals surface area contributed by atoms with E-state index in [9.17, 15) is 9.59 Å². The summed E-state index contributed by atoms with van der Waals surface area (Å²) < 4.78 is 1.70. The molecule has 3 N–H and O–H groups in total. The maximum absolute atomic E-state index is 11.4. The average molecular weight is 255 g/mol. The fourth-order valence-corrected chi connectivity index (χ4v) is 1.33. The van der Waals surface area contributed by atoms with Crippen LogP contribution >= 0.6 is 0 Å². The number of hydrogen-bond acceptors (Lipinski definition) is 4. The predicted octanol–water partition coefficient (Wildman–Crippen LogP) is -0.275. The maximum Gasteiger partial charge on any atom is 0.315 e. The summed E-state index contributed by atoms with van der Waals surface area (Å²) in [5, 5.41) is 21.3. The zero-order valence-electron chi connectivity index (χ0n) is 10.4. The molecule has 1 aromatic rings. The Morgan fingerprint density at radius 3 is 2.78 bits per heavy atom. The number of carbonyl (C=O) groups is 2. The molecular formula is C10H17N5O3. The van der Waals surface area contributed by atoms with Gasteiger partial charge in [-0.15, -0.1) is 10.2 Å². The van der Waals surface area contributed by atoms with Gasteiger partial charge in [-0.25, -0.2) is 4.79 Å². The first-order valence-corrected chi connectivity index (χ1v) is 5.55. The van der Waals surface area contributed by atoms with Crippen LogP contribution in [0, 0.1) is 5.92 Å². The second-order valence-electron chi connectivity index (χ2n) is 4.12. The monoisotopic (exact) mass is 255 g/mol. The lowest BCUT2D eigenvalue weighted by molar-refractivity contribution is -0.137. The van der Waals surface area contributed by atoms with E-state index >= 15 is 0 Å². The quantitative estimate of drug-likeness (QED) is 0.648. The predicted molar refractivity (Wildman–Crippen MR) is 62.7 cm³/mol. The van der Waals surface area contributed by atoms with Crippen molar-refractivity contribution >= 4 is 12.0 Å². The lowest BCUT2D eigenvalue weighted by Crippen LogP contribution is -2.38. The van der Waals surface area contributed by atoms with Crippen molar-refractivity contribution in [3.05, 3.63) is 12.2 Å². The van der Waals surface area contributed by atoms with Crippen molar-refractivity contribution in [2.45, 2.75) is 19.9 Å². The summed E-state index contributed by atoms with van der Waals surface area (Å²) in [6.07, 6.45) is 1.58. The number of hydrogen-bond donors (Lipinski definition) is 3. The van der Waals surface area contributed by atoms with E-state index in [0.717, 1.165) is 0 Å². The van der Waals surface area contributed by atoms with E-state index in [1.54, 1.807) is 24.9 Å². The Hall–Kier alpha value is -2.12. The van der Waals surface area contributed by atoms with E-state index in [2.05, 4.69) is 20.8 Å². The van der Waals surface area contributed by atoms with Gasteiger partial charge in [-0.3, -0.25) is 4.79 Å². The number of nitrogens with zero attached hydrogens (tertiary/aromatic N) is 3. The number of carboxylic acid groups (broad SMARTS) is 1. The van der Waals surface area contributed by atoms with Gasteiger partial charge in [0.15, 0.2) is 5.82 Å². The maximum atomic E-state index is 11.4. The van der Waals surface area contributed by atoms with E-state index in [1.165, 1.54) is 0 Å². The molecule has 1 aromatic heterocycles. The Morgan fingerprint density at radius 2 is 2.22 bits per heavy atom. The van der Waals surface area contributed by atoms with Gasteiger partial charge in [-0.2, -0.15) is 0 Å². The molecule has 1 heterocycles. The van der Waals surface area contributed by atoms with E-state index in [4.69, 9.17) is 5.11 Å². The Bertz CT molecular complexity index is 417. The first-order valence-electron chi connectivity index (χ1n) is 5.55. The third-order valence-corrected chi connectivity index (χ3v) is 2.35. The summed E-state index contributed by atoms with van der Waals surface area (Å²) >= 11 is 0. The number of aryl methyl sites for hydroxylation is 1. The molecule has 8 nitrogen and oxygen atoms in total.